The van der Waals surface area contributed by atoms with Crippen LogP contribution in [0.2, 0.25) is 0 Å². The lowest BCUT2D eigenvalue weighted by Gasteiger charge is -2.16. The molecule has 8 nitrogen and oxygen atoms in total. The molecule has 6 N–H and O–H groups in total. The largest absolute Gasteiger partial charge is 0.508 e. The minimum absolute atomic E-state index is 0.127. The van der Waals surface area contributed by atoms with E-state index in [-0.39, 0.29) is 23.8 Å². The number of halogens is 1. The number of aromatic amines is 2. The van der Waals surface area contributed by atoms with Crippen LogP contribution >= 0.6 is 12.1 Å². The maximum Gasteiger partial charge on any atom is 0.246 e. The van der Waals surface area contributed by atoms with E-state index in [2.05, 4.69) is 27.5 Å². The predicted molar refractivity (Wildman–Crippen MR) is 153 cm³/mol. The summed E-state index contributed by atoms with van der Waals surface area (Å²) < 4.78 is 12.5. The maximum atomic E-state index is 12.5. The van der Waals surface area contributed by atoms with Gasteiger partial charge in [-0.2, -0.15) is 3.89 Å². The second-order valence-electron chi connectivity index (χ2n) is 8.91. The van der Waals surface area contributed by atoms with E-state index in [4.69, 9.17) is 0 Å². The molecule has 1 unspecified atom stereocenters. The lowest BCUT2D eigenvalue weighted by Crippen LogP contribution is -2.40. The van der Waals surface area contributed by atoms with Crippen LogP contribution in [0.1, 0.15) is 24.5 Å². The Morgan fingerprint density at radius 2 is 1.54 bits per heavy atom. The molecule has 2 heterocycles. The first-order valence-electron chi connectivity index (χ1n) is 12.4. The summed E-state index contributed by atoms with van der Waals surface area (Å²) in [5.41, 5.74) is 4.69. The molecule has 2 aromatic heterocycles. The number of hydrogen-bond donors (Lipinski definition) is 6. The zero-order valence-corrected chi connectivity index (χ0v) is 22.0. The number of carbonyl (C=O) groups excluding carboxylic acids is 2. The summed E-state index contributed by atoms with van der Waals surface area (Å²) in [6.07, 6.45) is 6.21. The zero-order valence-electron chi connectivity index (χ0n) is 21.2. The number of amides is 2. The molecule has 0 fully saturated rings. The van der Waals surface area contributed by atoms with Crippen LogP contribution in [0.3, 0.4) is 0 Å². The molecule has 10 heteroatoms. The third-order valence-corrected chi connectivity index (χ3v) is 6.83. The number of phenols is 2. The quantitative estimate of drug-likeness (QED) is 0.126. The number of fused-ring (bicyclic) bond motifs is 2. The summed E-state index contributed by atoms with van der Waals surface area (Å²) in [6.45, 7) is 2.10. The highest BCUT2D eigenvalue weighted by Crippen LogP contribution is 2.25. The predicted octanol–water partition coefficient (Wildman–Crippen LogP) is 5.97. The van der Waals surface area contributed by atoms with E-state index < -0.39 is 6.04 Å². The van der Waals surface area contributed by atoms with Crippen LogP contribution in [0, 0.1) is 0 Å². The van der Waals surface area contributed by atoms with Gasteiger partial charge >= 0.3 is 0 Å². The van der Waals surface area contributed by atoms with Crippen molar-refractivity contribution in [3.63, 3.8) is 0 Å². The Balaban J connectivity index is 0.000000243. The molecule has 0 saturated carbocycles. The summed E-state index contributed by atoms with van der Waals surface area (Å²) in [4.78, 5) is 30.1. The average Bonchev–Trinajstić information content (AvgIpc) is 3.54. The fourth-order valence-corrected chi connectivity index (χ4v) is 4.56. The van der Waals surface area contributed by atoms with E-state index in [1.807, 2.05) is 18.5 Å². The first-order chi connectivity index (χ1) is 18.9. The molecule has 3 aromatic carbocycles. The van der Waals surface area contributed by atoms with Gasteiger partial charge in [-0.15, -0.1) is 0 Å². The SMILES string of the molecule is CCc1c[nH]c2ccc(O)cc12.O=CNC(CCc1c[nH]c2ccc(O)cc12)C(=O)Nc1ccc(SF)cc1. The normalized spacial score (nSPS) is 11.5. The minimum atomic E-state index is -0.722. The minimum Gasteiger partial charge on any atom is -0.508 e. The molecule has 202 valence electrons. The number of benzene rings is 3. The Morgan fingerprint density at radius 3 is 2.10 bits per heavy atom. The summed E-state index contributed by atoms with van der Waals surface area (Å²) in [6, 6.07) is 16.0. The van der Waals surface area contributed by atoms with Crippen molar-refractivity contribution < 1.29 is 23.7 Å². The topological polar surface area (TPSA) is 130 Å². The van der Waals surface area contributed by atoms with E-state index in [0.717, 1.165) is 33.8 Å². The van der Waals surface area contributed by atoms with Gasteiger partial charge in [0, 0.05) is 44.8 Å². The molecular formula is C29H29FN4O4S. The van der Waals surface area contributed by atoms with Crippen LogP contribution in [0.25, 0.3) is 21.8 Å². The third-order valence-electron chi connectivity index (χ3n) is 6.38. The Morgan fingerprint density at radius 1 is 0.949 bits per heavy atom. The Hall–Kier alpha value is -4.44. The van der Waals surface area contributed by atoms with Crippen LogP contribution in [-0.2, 0) is 22.4 Å². The highest BCUT2D eigenvalue weighted by atomic mass is 32.2. The number of carbonyl (C=O) groups is 2. The highest BCUT2D eigenvalue weighted by molar-refractivity contribution is 7.94. The standard InChI is InChI=1S/C19H18FN3O3S.C10H11NO/c20-27-15-5-2-13(3-6-15)23-19(26)18(22-11-24)7-1-12-10-21-17-8-4-14(25)9-16(12)17;1-2-7-6-11-10-4-3-8(12)5-9(7)10/h2-6,8-11,18,21,25H,1,7H2,(H,22,24)(H,23,26);3-6,11-12H,2H2,1H3. The lowest BCUT2D eigenvalue weighted by molar-refractivity contribution is -0.121. The molecular weight excluding hydrogens is 519 g/mol. The molecule has 0 radical (unpaired) electrons. The van der Waals surface area contributed by atoms with Gasteiger partial charge in [0.25, 0.3) is 0 Å². The molecule has 5 aromatic rings. The summed E-state index contributed by atoms with van der Waals surface area (Å²) in [7, 11) is 0. The number of phenolic OH excluding ortho intramolecular Hbond substituents is 2. The molecule has 0 saturated heterocycles. The number of aromatic nitrogens is 2. The highest BCUT2D eigenvalue weighted by Gasteiger charge is 2.19. The van der Waals surface area contributed by atoms with Crippen LogP contribution in [-0.4, -0.2) is 38.5 Å². The molecule has 0 bridgehead atoms. The lowest BCUT2D eigenvalue weighted by atomic mass is 10.0. The van der Waals surface area contributed by atoms with Crippen molar-refractivity contribution in [1.82, 2.24) is 15.3 Å². The fraction of sp³-hybridized carbons (Fsp3) is 0.172. The van der Waals surface area contributed by atoms with Crippen molar-refractivity contribution in [3.8, 4) is 11.5 Å². The van der Waals surface area contributed by atoms with Gasteiger partial charge < -0.3 is 30.8 Å². The van der Waals surface area contributed by atoms with Crippen LogP contribution in [0.4, 0.5) is 9.57 Å². The monoisotopic (exact) mass is 548 g/mol. The number of aryl methyl sites for hydroxylation is 2. The van der Waals surface area contributed by atoms with Crippen molar-refractivity contribution in [2.45, 2.75) is 37.1 Å². The molecule has 0 spiro atoms. The van der Waals surface area contributed by atoms with Gasteiger partial charge in [0.05, 0.1) is 12.1 Å². The Kier molecular flexibility index (Phi) is 9.11. The first-order valence-corrected chi connectivity index (χ1v) is 13.1. The number of rotatable bonds is 9. The zero-order chi connectivity index (χ0) is 27.8. The van der Waals surface area contributed by atoms with E-state index in [1.165, 1.54) is 5.56 Å². The smallest absolute Gasteiger partial charge is 0.246 e. The number of nitrogens with one attached hydrogen (secondary N) is 4. The number of hydrogen-bond acceptors (Lipinski definition) is 5. The van der Waals surface area contributed by atoms with E-state index in [0.29, 0.717) is 35.6 Å². The second-order valence-corrected chi connectivity index (χ2v) is 9.53. The average molecular weight is 549 g/mol. The van der Waals surface area contributed by atoms with Gasteiger partial charge in [-0.3, -0.25) is 9.59 Å². The van der Waals surface area contributed by atoms with Crippen molar-refractivity contribution in [3.05, 3.63) is 84.2 Å². The van der Waals surface area contributed by atoms with Crippen molar-refractivity contribution in [2.75, 3.05) is 5.32 Å². The van der Waals surface area contributed by atoms with Crippen LogP contribution in [0.15, 0.2) is 78.0 Å². The molecule has 0 aliphatic carbocycles. The maximum absolute atomic E-state index is 12.5. The molecule has 1 atom stereocenters. The van der Waals surface area contributed by atoms with Crippen LogP contribution in [0.5, 0.6) is 11.5 Å². The van der Waals surface area contributed by atoms with Gasteiger partial charge in [-0.1, -0.05) is 6.92 Å². The van der Waals surface area contributed by atoms with E-state index in [1.54, 1.807) is 54.6 Å². The summed E-state index contributed by atoms with van der Waals surface area (Å²) >= 11 is 0.127. The molecule has 0 aliphatic heterocycles. The fourth-order valence-electron chi connectivity index (χ4n) is 4.32. The Labute approximate surface area is 228 Å². The van der Waals surface area contributed by atoms with E-state index >= 15 is 0 Å². The molecule has 39 heavy (non-hydrogen) atoms. The van der Waals surface area contributed by atoms with Gasteiger partial charge in [-0.25, -0.2) is 0 Å². The van der Waals surface area contributed by atoms with Crippen molar-refractivity contribution in [1.29, 1.82) is 0 Å². The molecule has 2 amide bonds. The Bertz CT molecular complexity index is 1570. The number of aromatic hydroxyl groups is 2. The third kappa shape index (κ3) is 6.91. The van der Waals surface area contributed by atoms with Gasteiger partial charge in [0.1, 0.15) is 17.5 Å². The number of anilines is 1. The van der Waals surface area contributed by atoms with Gasteiger partial charge in [0.2, 0.25) is 12.3 Å². The van der Waals surface area contributed by atoms with Gasteiger partial charge in [0.15, 0.2) is 0 Å². The van der Waals surface area contributed by atoms with Gasteiger partial charge in [-0.05, 0) is 91.1 Å². The number of H-pyrrole nitrogens is 2. The molecule has 5 rings (SSSR count). The summed E-state index contributed by atoms with van der Waals surface area (Å²) in [5, 5.41) is 26.2. The summed E-state index contributed by atoms with van der Waals surface area (Å²) in [5.74, 6) is 0.140. The van der Waals surface area contributed by atoms with Crippen molar-refractivity contribution in [2.24, 2.45) is 0 Å². The first kappa shape index (κ1) is 27.6. The van der Waals surface area contributed by atoms with Crippen LogP contribution < -0.4 is 10.6 Å². The van der Waals surface area contributed by atoms with E-state index in [9.17, 15) is 23.7 Å². The van der Waals surface area contributed by atoms with Crippen molar-refractivity contribution >= 4 is 52.0 Å². The second kappa shape index (κ2) is 12.9. The molecule has 0 aliphatic rings.